The molecule has 0 radical (unpaired) electrons. The van der Waals surface area contributed by atoms with Gasteiger partial charge in [0.25, 0.3) is 0 Å². The van der Waals surface area contributed by atoms with Crippen molar-refractivity contribution in [1.82, 2.24) is 14.1 Å². The van der Waals surface area contributed by atoms with E-state index in [1.165, 1.54) is 0 Å². The number of alkyl halides is 6. The quantitative estimate of drug-likeness (QED) is 0.385. The number of halogens is 6. The molecule has 5 nitrogen and oxygen atoms in total. The first kappa shape index (κ1) is 20.9. The van der Waals surface area contributed by atoms with Crippen LogP contribution in [0.1, 0.15) is 32.6 Å². The van der Waals surface area contributed by atoms with Crippen molar-refractivity contribution in [3.8, 4) is 0 Å². The van der Waals surface area contributed by atoms with Gasteiger partial charge in [0.15, 0.2) is 6.29 Å². The minimum absolute atomic E-state index is 0.00542. The topological polar surface area (TPSA) is 43.9 Å². The maximum atomic E-state index is 13.2. The van der Waals surface area contributed by atoms with Crippen LogP contribution in [-0.2, 0) is 10.0 Å². The smallest absolute Gasteiger partial charge is 0.346 e. The lowest BCUT2D eigenvalue weighted by molar-refractivity contribution is -0.248. The van der Waals surface area contributed by atoms with Gasteiger partial charge >= 0.3 is 21.8 Å². The number of rotatable bonds is 7. The SMILES string of the molecule is CCCCCCN1C=CN(C)C1N(C(F)(F)F)S(=O)(=O)C(F)(F)F. The normalized spacial score (nSPS) is 19.6. The van der Waals surface area contributed by atoms with Crippen molar-refractivity contribution in [1.29, 1.82) is 0 Å². The summed E-state index contributed by atoms with van der Waals surface area (Å²) < 4.78 is 99.0. The predicted molar refractivity (Wildman–Crippen MR) is 74.4 cm³/mol. The zero-order chi connectivity index (χ0) is 18.8. The fourth-order valence-electron chi connectivity index (χ4n) is 2.29. The second-order valence-corrected chi connectivity index (χ2v) is 7.13. The minimum atomic E-state index is -6.60. The third-order valence-corrected chi connectivity index (χ3v) is 4.93. The van der Waals surface area contributed by atoms with Crippen molar-refractivity contribution >= 4 is 10.0 Å². The lowest BCUT2D eigenvalue weighted by Gasteiger charge is -2.39. The van der Waals surface area contributed by atoms with Crippen molar-refractivity contribution in [2.24, 2.45) is 0 Å². The lowest BCUT2D eigenvalue weighted by atomic mass is 10.2. The first-order chi connectivity index (χ1) is 10.8. The summed E-state index contributed by atoms with van der Waals surface area (Å²) in [5.74, 6) is 0. The van der Waals surface area contributed by atoms with Gasteiger partial charge in [0, 0.05) is 26.0 Å². The van der Waals surface area contributed by atoms with E-state index >= 15 is 0 Å². The summed E-state index contributed by atoms with van der Waals surface area (Å²) in [5, 5.41) is 0. The molecule has 0 aliphatic carbocycles. The minimum Gasteiger partial charge on any atom is -0.346 e. The van der Waals surface area contributed by atoms with E-state index < -0.39 is 32.4 Å². The van der Waals surface area contributed by atoms with Crippen LogP contribution in [0.2, 0.25) is 0 Å². The Bertz CT molecular complexity index is 546. The first-order valence-corrected chi connectivity index (χ1v) is 8.61. The molecule has 0 bridgehead atoms. The molecule has 12 heteroatoms. The van der Waals surface area contributed by atoms with E-state index in [-0.39, 0.29) is 6.54 Å². The zero-order valence-corrected chi connectivity index (χ0v) is 13.9. The third kappa shape index (κ3) is 4.47. The van der Waals surface area contributed by atoms with Crippen molar-refractivity contribution in [2.45, 2.75) is 50.7 Å². The van der Waals surface area contributed by atoms with Crippen LogP contribution in [0.4, 0.5) is 26.3 Å². The van der Waals surface area contributed by atoms with Crippen molar-refractivity contribution in [2.75, 3.05) is 13.6 Å². The van der Waals surface area contributed by atoms with E-state index in [0.717, 1.165) is 42.1 Å². The molecule has 1 aliphatic heterocycles. The molecule has 1 rings (SSSR count). The molecule has 0 aromatic rings. The molecule has 0 aromatic heterocycles. The molecule has 0 amide bonds. The van der Waals surface area contributed by atoms with Gasteiger partial charge in [0.2, 0.25) is 0 Å². The Kier molecular flexibility index (Phi) is 6.42. The number of sulfonamides is 1. The number of hydrogen-bond donors (Lipinski definition) is 0. The van der Waals surface area contributed by atoms with Crippen LogP contribution in [-0.4, -0.2) is 54.2 Å². The molecule has 24 heavy (non-hydrogen) atoms. The van der Waals surface area contributed by atoms with E-state index in [4.69, 9.17) is 0 Å². The van der Waals surface area contributed by atoms with Gasteiger partial charge in [-0.25, -0.2) is 8.42 Å². The van der Waals surface area contributed by atoms with Crippen molar-refractivity contribution < 1.29 is 34.8 Å². The molecule has 0 spiro atoms. The summed E-state index contributed by atoms with van der Waals surface area (Å²) in [6, 6.07) is 0. The standard InChI is InChI=1S/C12H19F6N3O2S/c1-3-4-5-6-7-20-9-8-19(2)10(20)21(11(13,14)15)24(22,23)12(16,17)18/h8-10H,3-7H2,1-2H3. The second kappa shape index (κ2) is 7.38. The third-order valence-electron chi connectivity index (χ3n) is 3.44. The van der Waals surface area contributed by atoms with E-state index in [1.54, 1.807) is 0 Å². The van der Waals surface area contributed by atoms with Gasteiger partial charge in [0.05, 0.1) is 0 Å². The molecule has 1 aliphatic rings. The van der Waals surface area contributed by atoms with Crippen LogP contribution in [0.5, 0.6) is 0 Å². The summed E-state index contributed by atoms with van der Waals surface area (Å²) in [6.45, 7) is 1.93. The molecular formula is C12H19F6N3O2S. The fourth-order valence-corrected chi connectivity index (χ4v) is 3.31. The average Bonchev–Trinajstić information content (AvgIpc) is 2.74. The van der Waals surface area contributed by atoms with Crippen molar-refractivity contribution in [3.05, 3.63) is 12.4 Å². The molecule has 0 saturated heterocycles. The van der Waals surface area contributed by atoms with E-state index in [9.17, 15) is 34.8 Å². The molecule has 142 valence electrons. The Labute approximate surface area is 136 Å². The average molecular weight is 383 g/mol. The lowest BCUT2D eigenvalue weighted by Crippen LogP contribution is -2.61. The summed E-state index contributed by atoms with van der Waals surface area (Å²) in [5.41, 5.74) is -6.06. The van der Waals surface area contributed by atoms with E-state index in [1.807, 2.05) is 6.92 Å². The Morgan fingerprint density at radius 1 is 1.04 bits per heavy atom. The molecule has 0 aromatic carbocycles. The van der Waals surface area contributed by atoms with Gasteiger partial charge in [0.1, 0.15) is 0 Å². The largest absolute Gasteiger partial charge is 0.512 e. The van der Waals surface area contributed by atoms with Gasteiger partial charge in [-0.3, -0.25) is 0 Å². The summed E-state index contributed by atoms with van der Waals surface area (Å²) in [4.78, 5) is 1.71. The predicted octanol–water partition coefficient (Wildman–Crippen LogP) is 3.24. The maximum absolute atomic E-state index is 13.2. The van der Waals surface area contributed by atoms with Crippen molar-refractivity contribution in [3.63, 3.8) is 0 Å². The van der Waals surface area contributed by atoms with Crippen LogP contribution in [0, 0.1) is 0 Å². The maximum Gasteiger partial charge on any atom is 0.512 e. The zero-order valence-electron chi connectivity index (χ0n) is 13.1. The summed E-state index contributed by atoms with van der Waals surface area (Å²) in [6.07, 6.45) is -2.80. The highest BCUT2D eigenvalue weighted by Crippen LogP contribution is 2.38. The molecule has 1 atom stereocenters. The van der Waals surface area contributed by atoms with Gasteiger partial charge < -0.3 is 9.80 Å². The Morgan fingerprint density at radius 3 is 2.08 bits per heavy atom. The van der Waals surface area contributed by atoms with E-state index in [2.05, 4.69) is 0 Å². The molecule has 1 heterocycles. The first-order valence-electron chi connectivity index (χ1n) is 7.17. The highest BCUT2D eigenvalue weighted by atomic mass is 32.2. The molecule has 0 N–H and O–H groups in total. The Hall–Kier alpha value is -1.17. The van der Waals surface area contributed by atoms with Crippen LogP contribution < -0.4 is 0 Å². The summed E-state index contributed by atoms with van der Waals surface area (Å²) >= 11 is 0. The highest BCUT2D eigenvalue weighted by molar-refractivity contribution is 7.90. The molecule has 0 fully saturated rings. The van der Waals surface area contributed by atoms with Crippen LogP contribution in [0.3, 0.4) is 0 Å². The van der Waals surface area contributed by atoms with Gasteiger partial charge in [-0.1, -0.05) is 30.5 Å². The second-order valence-electron chi connectivity index (χ2n) is 5.32. The summed E-state index contributed by atoms with van der Waals surface area (Å²) in [7, 11) is -5.51. The monoisotopic (exact) mass is 383 g/mol. The Balaban J connectivity index is 3.12. The number of nitrogens with zero attached hydrogens (tertiary/aromatic N) is 3. The fraction of sp³-hybridized carbons (Fsp3) is 0.833. The van der Waals surface area contributed by atoms with Gasteiger partial charge in [-0.15, -0.1) is 0 Å². The van der Waals surface area contributed by atoms with Crippen LogP contribution in [0.25, 0.3) is 0 Å². The molecule has 0 saturated carbocycles. The molecule has 1 unspecified atom stereocenters. The highest BCUT2D eigenvalue weighted by Gasteiger charge is 2.63. The van der Waals surface area contributed by atoms with Gasteiger partial charge in [-0.2, -0.15) is 26.3 Å². The Morgan fingerprint density at radius 2 is 1.62 bits per heavy atom. The number of hydrogen-bond acceptors (Lipinski definition) is 4. The molecular weight excluding hydrogens is 364 g/mol. The van der Waals surface area contributed by atoms with Crippen LogP contribution in [0.15, 0.2) is 12.4 Å². The van der Waals surface area contributed by atoms with Gasteiger partial charge in [-0.05, 0) is 6.42 Å². The number of unbranched alkanes of at least 4 members (excludes halogenated alkanes) is 3. The van der Waals surface area contributed by atoms with Crippen LogP contribution >= 0.6 is 0 Å². The van der Waals surface area contributed by atoms with E-state index in [0.29, 0.717) is 12.8 Å².